The molecule has 0 fully saturated rings. The van der Waals surface area contributed by atoms with Crippen molar-refractivity contribution in [2.75, 3.05) is 6.54 Å². The molecular weight excluding hydrogens is 275 g/mol. The summed E-state index contributed by atoms with van der Waals surface area (Å²) in [7, 11) is 0. The summed E-state index contributed by atoms with van der Waals surface area (Å²) >= 11 is 5.79. The van der Waals surface area contributed by atoms with E-state index >= 15 is 0 Å². The van der Waals surface area contributed by atoms with Gasteiger partial charge in [0.2, 0.25) is 0 Å². The molecule has 1 aromatic carbocycles. The molecular formula is C16H18ClFN2. The zero-order valence-electron chi connectivity index (χ0n) is 11.4. The van der Waals surface area contributed by atoms with Gasteiger partial charge in [-0.1, -0.05) is 24.6 Å². The van der Waals surface area contributed by atoms with Gasteiger partial charge in [0.25, 0.3) is 0 Å². The van der Waals surface area contributed by atoms with Crippen LogP contribution in [0.1, 0.15) is 30.5 Å². The SMILES string of the molecule is CCCNC(Cc1ccc(Cl)cc1F)c1ccncc1. The number of benzene rings is 1. The van der Waals surface area contributed by atoms with Crippen molar-refractivity contribution < 1.29 is 4.39 Å². The van der Waals surface area contributed by atoms with E-state index in [2.05, 4.69) is 17.2 Å². The maximum Gasteiger partial charge on any atom is 0.127 e. The highest BCUT2D eigenvalue weighted by Crippen LogP contribution is 2.22. The van der Waals surface area contributed by atoms with Gasteiger partial charge in [-0.2, -0.15) is 0 Å². The molecule has 2 aromatic rings. The fourth-order valence-electron chi connectivity index (χ4n) is 2.13. The summed E-state index contributed by atoms with van der Waals surface area (Å²) in [6, 6.07) is 8.83. The molecule has 1 aromatic heterocycles. The minimum atomic E-state index is -0.255. The van der Waals surface area contributed by atoms with Gasteiger partial charge in [0.1, 0.15) is 5.82 Å². The lowest BCUT2D eigenvalue weighted by Gasteiger charge is -2.19. The van der Waals surface area contributed by atoms with Crippen LogP contribution in [0.3, 0.4) is 0 Å². The zero-order valence-corrected chi connectivity index (χ0v) is 12.2. The first-order valence-corrected chi connectivity index (χ1v) is 7.15. The van der Waals surface area contributed by atoms with Crippen LogP contribution in [0.2, 0.25) is 5.02 Å². The quantitative estimate of drug-likeness (QED) is 0.865. The molecule has 0 radical (unpaired) electrons. The highest BCUT2D eigenvalue weighted by molar-refractivity contribution is 6.30. The molecule has 0 amide bonds. The van der Waals surface area contributed by atoms with E-state index in [-0.39, 0.29) is 11.9 Å². The lowest BCUT2D eigenvalue weighted by atomic mass is 9.99. The normalized spacial score (nSPS) is 12.3. The summed E-state index contributed by atoms with van der Waals surface area (Å²) in [6.07, 6.45) is 5.14. The van der Waals surface area contributed by atoms with E-state index in [1.54, 1.807) is 24.5 Å². The predicted octanol–water partition coefficient (Wildman–Crippen LogP) is 4.16. The van der Waals surface area contributed by atoms with Crippen LogP contribution in [0.15, 0.2) is 42.7 Å². The van der Waals surface area contributed by atoms with Crippen molar-refractivity contribution in [1.29, 1.82) is 0 Å². The fourth-order valence-corrected chi connectivity index (χ4v) is 2.29. The lowest BCUT2D eigenvalue weighted by Crippen LogP contribution is -2.24. The minimum Gasteiger partial charge on any atom is -0.310 e. The molecule has 1 heterocycles. The Kier molecular flexibility index (Phi) is 5.50. The van der Waals surface area contributed by atoms with Gasteiger partial charge in [-0.15, -0.1) is 0 Å². The Morgan fingerprint density at radius 3 is 2.65 bits per heavy atom. The molecule has 1 N–H and O–H groups in total. The van der Waals surface area contributed by atoms with Gasteiger partial charge in [-0.3, -0.25) is 4.98 Å². The van der Waals surface area contributed by atoms with E-state index in [1.165, 1.54) is 6.07 Å². The molecule has 2 rings (SSSR count). The number of halogens is 2. The number of pyridine rings is 1. The number of hydrogen-bond donors (Lipinski definition) is 1. The van der Waals surface area contributed by atoms with E-state index in [0.29, 0.717) is 17.0 Å². The second kappa shape index (κ2) is 7.36. The van der Waals surface area contributed by atoms with Gasteiger partial charge >= 0.3 is 0 Å². The summed E-state index contributed by atoms with van der Waals surface area (Å²) in [5.74, 6) is -0.255. The Morgan fingerprint density at radius 1 is 1.25 bits per heavy atom. The van der Waals surface area contributed by atoms with Gasteiger partial charge in [0.15, 0.2) is 0 Å². The maximum absolute atomic E-state index is 13.9. The van der Waals surface area contributed by atoms with Crippen LogP contribution in [-0.2, 0) is 6.42 Å². The molecule has 0 saturated heterocycles. The molecule has 0 bridgehead atoms. The van der Waals surface area contributed by atoms with Gasteiger partial charge in [0.05, 0.1) is 0 Å². The first kappa shape index (κ1) is 14.9. The average Bonchev–Trinajstić information content (AvgIpc) is 2.46. The Balaban J connectivity index is 2.19. The van der Waals surface area contributed by atoms with Crippen molar-refractivity contribution in [1.82, 2.24) is 10.3 Å². The number of nitrogens with zero attached hydrogens (tertiary/aromatic N) is 1. The van der Waals surface area contributed by atoms with Crippen molar-refractivity contribution in [2.24, 2.45) is 0 Å². The molecule has 0 aliphatic heterocycles. The van der Waals surface area contributed by atoms with E-state index in [1.807, 2.05) is 12.1 Å². The Hall–Kier alpha value is -1.45. The fraction of sp³-hybridized carbons (Fsp3) is 0.312. The number of aromatic nitrogens is 1. The predicted molar refractivity (Wildman–Crippen MR) is 80.4 cm³/mol. The Morgan fingerprint density at radius 2 is 2.00 bits per heavy atom. The standard InChI is InChI=1S/C16H18ClFN2/c1-2-7-20-16(12-5-8-19-9-6-12)10-13-3-4-14(17)11-15(13)18/h3-6,8-9,11,16,20H,2,7,10H2,1H3. The molecule has 106 valence electrons. The van der Waals surface area contributed by atoms with Crippen LogP contribution in [0, 0.1) is 5.82 Å². The third kappa shape index (κ3) is 4.02. The topological polar surface area (TPSA) is 24.9 Å². The van der Waals surface area contributed by atoms with Gasteiger partial charge in [0, 0.05) is 23.5 Å². The second-order valence-electron chi connectivity index (χ2n) is 4.73. The first-order chi connectivity index (χ1) is 9.70. The maximum atomic E-state index is 13.9. The highest BCUT2D eigenvalue weighted by Gasteiger charge is 2.14. The summed E-state index contributed by atoms with van der Waals surface area (Å²) < 4.78 is 13.9. The van der Waals surface area contributed by atoms with E-state index in [4.69, 9.17) is 11.6 Å². The second-order valence-corrected chi connectivity index (χ2v) is 5.16. The van der Waals surface area contributed by atoms with Crippen LogP contribution in [0.4, 0.5) is 4.39 Å². The zero-order chi connectivity index (χ0) is 14.4. The third-order valence-electron chi connectivity index (χ3n) is 3.19. The lowest BCUT2D eigenvalue weighted by molar-refractivity contribution is 0.512. The number of hydrogen-bond acceptors (Lipinski definition) is 2. The number of rotatable bonds is 6. The summed E-state index contributed by atoms with van der Waals surface area (Å²) in [4.78, 5) is 4.02. The largest absolute Gasteiger partial charge is 0.310 e. The molecule has 0 spiro atoms. The van der Waals surface area contributed by atoms with E-state index in [9.17, 15) is 4.39 Å². The van der Waals surface area contributed by atoms with Crippen molar-refractivity contribution in [3.63, 3.8) is 0 Å². The van der Waals surface area contributed by atoms with Crippen molar-refractivity contribution in [3.05, 3.63) is 64.7 Å². The summed E-state index contributed by atoms with van der Waals surface area (Å²) in [5, 5.41) is 3.87. The van der Waals surface area contributed by atoms with Crippen molar-refractivity contribution in [3.8, 4) is 0 Å². The van der Waals surface area contributed by atoms with Crippen LogP contribution in [0.5, 0.6) is 0 Å². The van der Waals surface area contributed by atoms with Crippen LogP contribution in [-0.4, -0.2) is 11.5 Å². The smallest absolute Gasteiger partial charge is 0.127 e. The first-order valence-electron chi connectivity index (χ1n) is 6.78. The van der Waals surface area contributed by atoms with Gasteiger partial charge < -0.3 is 5.32 Å². The third-order valence-corrected chi connectivity index (χ3v) is 3.42. The number of nitrogens with one attached hydrogen (secondary N) is 1. The average molecular weight is 293 g/mol. The van der Waals surface area contributed by atoms with Crippen LogP contribution >= 0.6 is 11.6 Å². The van der Waals surface area contributed by atoms with Gasteiger partial charge in [-0.25, -0.2) is 4.39 Å². The molecule has 0 aliphatic rings. The van der Waals surface area contributed by atoms with Crippen molar-refractivity contribution in [2.45, 2.75) is 25.8 Å². The molecule has 1 unspecified atom stereocenters. The Bertz CT molecular complexity index is 545. The molecule has 0 aliphatic carbocycles. The molecule has 1 atom stereocenters. The highest BCUT2D eigenvalue weighted by atomic mass is 35.5. The molecule has 20 heavy (non-hydrogen) atoms. The molecule has 0 saturated carbocycles. The summed E-state index contributed by atoms with van der Waals surface area (Å²) in [6.45, 7) is 3.00. The molecule has 4 heteroatoms. The monoisotopic (exact) mass is 292 g/mol. The van der Waals surface area contributed by atoms with Gasteiger partial charge in [-0.05, 0) is 54.8 Å². The summed E-state index contributed by atoms with van der Waals surface area (Å²) in [5.41, 5.74) is 1.78. The van der Waals surface area contributed by atoms with E-state index in [0.717, 1.165) is 18.5 Å². The molecule has 2 nitrogen and oxygen atoms in total. The Labute approximate surface area is 124 Å². The van der Waals surface area contributed by atoms with E-state index < -0.39 is 0 Å². The van der Waals surface area contributed by atoms with Crippen LogP contribution < -0.4 is 5.32 Å². The van der Waals surface area contributed by atoms with Crippen LogP contribution in [0.25, 0.3) is 0 Å². The minimum absolute atomic E-state index is 0.0774. The van der Waals surface area contributed by atoms with Crippen molar-refractivity contribution >= 4 is 11.6 Å².